The number of nitrogens with one attached hydrogen (secondary N) is 2. The lowest BCUT2D eigenvalue weighted by molar-refractivity contribution is 0.418. The largest absolute Gasteiger partial charge is 0.312 e. The molecule has 0 aromatic carbocycles. The molecule has 0 spiro atoms. The van der Waals surface area contributed by atoms with E-state index in [9.17, 15) is 0 Å². The Kier molecular flexibility index (Phi) is 5.29. The number of rotatable bonds is 6. The molecule has 0 aliphatic carbocycles. The summed E-state index contributed by atoms with van der Waals surface area (Å²) in [6, 6.07) is 4.27. The average Bonchev–Trinajstić information content (AvgIpc) is 2.61. The van der Waals surface area contributed by atoms with Gasteiger partial charge in [-0.1, -0.05) is 6.07 Å². The van der Waals surface area contributed by atoms with Crippen LogP contribution in [-0.2, 0) is 6.54 Å². The van der Waals surface area contributed by atoms with E-state index in [1.807, 2.05) is 11.3 Å². The second-order valence-corrected chi connectivity index (χ2v) is 5.82. The molecular weight excluding hydrogens is 204 g/mol. The SMILES string of the molecule is CC(C)(C)NCCCNCc1cccs1. The molecule has 0 fully saturated rings. The summed E-state index contributed by atoms with van der Waals surface area (Å²) in [5, 5.41) is 9.05. The Bertz CT molecular complexity index is 249. The molecule has 1 rings (SSSR count). The Hall–Kier alpha value is -0.380. The van der Waals surface area contributed by atoms with Crippen molar-refractivity contribution < 1.29 is 0 Å². The lowest BCUT2D eigenvalue weighted by Crippen LogP contribution is -2.37. The first-order chi connectivity index (χ1) is 7.08. The van der Waals surface area contributed by atoms with Crippen LogP contribution in [0.4, 0.5) is 0 Å². The van der Waals surface area contributed by atoms with Crippen LogP contribution < -0.4 is 10.6 Å². The first-order valence-corrected chi connectivity index (χ1v) is 6.44. The van der Waals surface area contributed by atoms with Gasteiger partial charge in [0.1, 0.15) is 0 Å². The Morgan fingerprint density at radius 2 is 2.07 bits per heavy atom. The van der Waals surface area contributed by atoms with Crippen LogP contribution in [0, 0.1) is 0 Å². The van der Waals surface area contributed by atoms with Gasteiger partial charge in [0.15, 0.2) is 0 Å². The molecule has 0 radical (unpaired) electrons. The highest BCUT2D eigenvalue weighted by Crippen LogP contribution is 2.07. The molecule has 0 aliphatic heterocycles. The smallest absolute Gasteiger partial charge is 0.0299 e. The molecule has 0 aliphatic rings. The van der Waals surface area contributed by atoms with Gasteiger partial charge in [0, 0.05) is 17.0 Å². The number of hydrogen-bond donors (Lipinski definition) is 2. The van der Waals surface area contributed by atoms with Crippen molar-refractivity contribution in [2.24, 2.45) is 0 Å². The molecule has 1 aromatic rings. The van der Waals surface area contributed by atoms with Gasteiger partial charge >= 0.3 is 0 Å². The maximum Gasteiger partial charge on any atom is 0.0299 e. The van der Waals surface area contributed by atoms with Crippen molar-refractivity contribution >= 4 is 11.3 Å². The van der Waals surface area contributed by atoms with Crippen LogP contribution in [-0.4, -0.2) is 18.6 Å². The highest BCUT2D eigenvalue weighted by molar-refractivity contribution is 7.09. The van der Waals surface area contributed by atoms with Crippen molar-refractivity contribution in [1.29, 1.82) is 0 Å². The maximum atomic E-state index is 3.48. The Morgan fingerprint density at radius 3 is 2.67 bits per heavy atom. The minimum Gasteiger partial charge on any atom is -0.312 e. The zero-order chi connectivity index (χ0) is 11.1. The summed E-state index contributed by atoms with van der Waals surface area (Å²) in [7, 11) is 0. The second kappa shape index (κ2) is 6.26. The predicted octanol–water partition coefficient (Wildman–Crippen LogP) is 2.62. The summed E-state index contributed by atoms with van der Waals surface area (Å²) in [6.07, 6.45) is 1.18. The van der Waals surface area contributed by atoms with E-state index in [-0.39, 0.29) is 5.54 Å². The van der Waals surface area contributed by atoms with Crippen molar-refractivity contribution in [1.82, 2.24) is 10.6 Å². The quantitative estimate of drug-likeness (QED) is 0.729. The Balaban J connectivity index is 1.94. The second-order valence-electron chi connectivity index (χ2n) is 4.79. The fourth-order valence-electron chi connectivity index (χ4n) is 1.30. The number of thiophene rings is 1. The molecule has 86 valence electrons. The van der Waals surface area contributed by atoms with E-state index in [1.54, 1.807) is 0 Å². The first kappa shape index (κ1) is 12.7. The molecule has 2 nitrogen and oxygen atoms in total. The van der Waals surface area contributed by atoms with Crippen molar-refractivity contribution in [3.05, 3.63) is 22.4 Å². The van der Waals surface area contributed by atoms with Gasteiger partial charge in [0.2, 0.25) is 0 Å². The summed E-state index contributed by atoms with van der Waals surface area (Å²) < 4.78 is 0. The molecular formula is C12H22N2S. The van der Waals surface area contributed by atoms with Gasteiger partial charge in [-0.2, -0.15) is 0 Å². The van der Waals surface area contributed by atoms with Crippen LogP contribution in [0.5, 0.6) is 0 Å². The molecule has 15 heavy (non-hydrogen) atoms. The normalized spacial score (nSPS) is 11.9. The molecule has 0 unspecified atom stereocenters. The van der Waals surface area contributed by atoms with Crippen LogP contribution in [0.25, 0.3) is 0 Å². The zero-order valence-electron chi connectivity index (χ0n) is 9.97. The Morgan fingerprint density at radius 1 is 1.27 bits per heavy atom. The summed E-state index contributed by atoms with van der Waals surface area (Å²) >= 11 is 1.81. The van der Waals surface area contributed by atoms with Crippen LogP contribution in [0.1, 0.15) is 32.1 Å². The molecule has 0 atom stereocenters. The van der Waals surface area contributed by atoms with Crippen LogP contribution >= 0.6 is 11.3 Å². The Labute approximate surface area is 97.1 Å². The van der Waals surface area contributed by atoms with Gasteiger partial charge in [-0.25, -0.2) is 0 Å². The van der Waals surface area contributed by atoms with Crippen molar-refractivity contribution in [2.45, 2.75) is 39.3 Å². The van der Waals surface area contributed by atoms with Crippen molar-refractivity contribution in [3.8, 4) is 0 Å². The van der Waals surface area contributed by atoms with Crippen LogP contribution in [0.15, 0.2) is 17.5 Å². The molecule has 3 heteroatoms. The summed E-state index contributed by atoms with van der Waals surface area (Å²) in [5.41, 5.74) is 0.244. The molecule has 0 bridgehead atoms. The minimum atomic E-state index is 0.244. The molecule has 1 aromatic heterocycles. The summed E-state index contributed by atoms with van der Waals surface area (Å²) in [4.78, 5) is 1.42. The lowest BCUT2D eigenvalue weighted by atomic mass is 10.1. The monoisotopic (exact) mass is 226 g/mol. The summed E-state index contributed by atoms with van der Waals surface area (Å²) in [5.74, 6) is 0. The first-order valence-electron chi connectivity index (χ1n) is 5.56. The van der Waals surface area contributed by atoms with E-state index < -0.39 is 0 Å². The van der Waals surface area contributed by atoms with Gasteiger partial charge in [0.05, 0.1) is 0 Å². The zero-order valence-corrected chi connectivity index (χ0v) is 10.8. The minimum absolute atomic E-state index is 0.244. The predicted molar refractivity (Wildman–Crippen MR) is 68.4 cm³/mol. The van der Waals surface area contributed by atoms with E-state index >= 15 is 0 Å². The molecule has 2 N–H and O–H groups in total. The van der Waals surface area contributed by atoms with Gasteiger partial charge in [0.25, 0.3) is 0 Å². The van der Waals surface area contributed by atoms with E-state index in [0.717, 1.165) is 19.6 Å². The summed E-state index contributed by atoms with van der Waals surface area (Å²) in [6.45, 7) is 9.78. The van der Waals surface area contributed by atoms with Gasteiger partial charge in [-0.3, -0.25) is 0 Å². The van der Waals surface area contributed by atoms with E-state index in [4.69, 9.17) is 0 Å². The van der Waals surface area contributed by atoms with Crippen LogP contribution in [0.2, 0.25) is 0 Å². The van der Waals surface area contributed by atoms with E-state index in [1.165, 1.54) is 11.3 Å². The van der Waals surface area contributed by atoms with Crippen LogP contribution in [0.3, 0.4) is 0 Å². The average molecular weight is 226 g/mol. The van der Waals surface area contributed by atoms with Gasteiger partial charge in [-0.05, 0) is 51.7 Å². The molecule has 0 amide bonds. The van der Waals surface area contributed by atoms with Gasteiger partial charge in [-0.15, -0.1) is 11.3 Å². The third-order valence-electron chi connectivity index (χ3n) is 2.06. The third-order valence-corrected chi connectivity index (χ3v) is 2.94. The van der Waals surface area contributed by atoms with E-state index in [0.29, 0.717) is 0 Å². The molecule has 0 saturated carbocycles. The highest BCUT2D eigenvalue weighted by Gasteiger charge is 2.06. The van der Waals surface area contributed by atoms with Crippen molar-refractivity contribution in [3.63, 3.8) is 0 Å². The molecule has 0 saturated heterocycles. The third kappa shape index (κ3) is 6.66. The molecule has 1 heterocycles. The highest BCUT2D eigenvalue weighted by atomic mass is 32.1. The van der Waals surface area contributed by atoms with E-state index in [2.05, 4.69) is 48.9 Å². The van der Waals surface area contributed by atoms with Crippen molar-refractivity contribution in [2.75, 3.05) is 13.1 Å². The lowest BCUT2D eigenvalue weighted by Gasteiger charge is -2.20. The maximum absolute atomic E-state index is 3.48. The fourth-order valence-corrected chi connectivity index (χ4v) is 1.98. The fraction of sp³-hybridized carbons (Fsp3) is 0.667. The van der Waals surface area contributed by atoms with Gasteiger partial charge < -0.3 is 10.6 Å². The standard InChI is InChI=1S/C12H22N2S/c1-12(2,3)14-8-5-7-13-10-11-6-4-9-15-11/h4,6,9,13-14H,5,7-8,10H2,1-3H3. The topological polar surface area (TPSA) is 24.1 Å². The number of hydrogen-bond acceptors (Lipinski definition) is 3.